The molecule has 0 heterocycles. The first kappa shape index (κ1) is 13.8. The molecule has 1 aliphatic carbocycles. The minimum Gasteiger partial charge on any atom is -0.342 e. The molecule has 98 valence electrons. The lowest BCUT2D eigenvalue weighted by Gasteiger charge is -2.19. The van der Waals surface area contributed by atoms with E-state index in [0.717, 1.165) is 0 Å². The van der Waals surface area contributed by atoms with Crippen LogP contribution in [0.4, 0.5) is 4.79 Å². The summed E-state index contributed by atoms with van der Waals surface area (Å²) in [5, 5.41) is 5.46. The molecule has 0 bridgehead atoms. The van der Waals surface area contributed by atoms with Crippen molar-refractivity contribution in [3.63, 3.8) is 0 Å². The highest BCUT2D eigenvalue weighted by molar-refractivity contribution is 5.84. The molecule has 5 heteroatoms. The second-order valence-electron chi connectivity index (χ2n) is 4.52. The topological polar surface area (TPSA) is 61.4 Å². The van der Waals surface area contributed by atoms with Gasteiger partial charge in [-0.25, -0.2) is 4.79 Å². The van der Waals surface area contributed by atoms with Gasteiger partial charge in [0.15, 0.2) is 0 Å². The van der Waals surface area contributed by atoms with E-state index < -0.39 is 0 Å². The number of nitrogens with one attached hydrogen (secondary N) is 2. The van der Waals surface area contributed by atoms with E-state index in [1.807, 2.05) is 20.8 Å². The summed E-state index contributed by atoms with van der Waals surface area (Å²) in [6.45, 7) is 7.29. The Hall–Kier alpha value is -1.26. The van der Waals surface area contributed by atoms with Crippen LogP contribution in [-0.4, -0.2) is 42.5 Å². The van der Waals surface area contributed by atoms with E-state index >= 15 is 0 Å². The van der Waals surface area contributed by atoms with Gasteiger partial charge in [0.25, 0.3) is 0 Å². The number of likely N-dealkylation sites (N-methyl/N-ethyl adjacent to an activating group) is 1. The molecule has 2 N–H and O–H groups in total. The maximum atomic E-state index is 11.6. The van der Waals surface area contributed by atoms with Crippen LogP contribution in [0.1, 0.15) is 33.6 Å². The summed E-state index contributed by atoms with van der Waals surface area (Å²) >= 11 is 0. The minimum atomic E-state index is -0.245. The molecule has 0 aromatic rings. The fourth-order valence-corrected chi connectivity index (χ4v) is 1.82. The third-order valence-corrected chi connectivity index (χ3v) is 3.20. The molecule has 1 unspecified atom stereocenters. The van der Waals surface area contributed by atoms with Crippen molar-refractivity contribution < 1.29 is 9.59 Å². The lowest BCUT2D eigenvalue weighted by atomic mass is 10.2. The molecule has 0 radical (unpaired) electrons. The molecule has 0 aliphatic heterocycles. The van der Waals surface area contributed by atoms with Gasteiger partial charge in [0, 0.05) is 19.1 Å². The molecule has 1 aliphatic rings. The fraction of sp³-hybridized carbons (Fsp3) is 0.833. The van der Waals surface area contributed by atoms with E-state index in [1.165, 1.54) is 12.8 Å². The summed E-state index contributed by atoms with van der Waals surface area (Å²) in [6.07, 6.45) is 2.39. The molecule has 1 atom stereocenters. The quantitative estimate of drug-likeness (QED) is 0.727. The van der Waals surface area contributed by atoms with Crippen molar-refractivity contribution in [1.82, 2.24) is 15.5 Å². The zero-order valence-electron chi connectivity index (χ0n) is 11.0. The first-order valence-corrected chi connectivity index (χ1v) is 6.40. The highest BCUT2D eigenvalue weighted by Crippen LogP contribution is 2.32. The van der Waals surface area contributed by atoms with Crippen LogP contribution < -0.4 is 10.6 Å². The van der Waals surface area contributed by atoms with Crippen molar-refractivity contribution >= 4 is 11.9 Å². The zero-order chi connectivity index (χ0) is 12.8. The van der Waals surface area contributed by atoms with Crippen LogP contribution in [0.25, 0.3) is 0 Å². The highest BCUT2D eigenvalue weighted by atomic mass is 16.2. The number of hydrogen-bond donors (Lipinski definition) is 2. The first-order valence-electron chi connectivity index (χ1n) is 6.40. The van der Waals surface area contributed by atoms with E-state index in [9.17, 15) is 9.59 Å². The second-order valence-corrected chi connectivity index (χ2v) is 4.52. The van der Waals surface area contributed by atoms with E-state index in [1.54, 1.807) is 4.90 Å². The van der Waals surface area contributed by atoms with Crippen LogP contribution in [0, 0.1) is 5.92 Å². The monoisotopic (exact) mass is 241 g/mol. The molecule has 1 saturated carbocycles. The Balaban J connectivity index is 2.20. The van der Waals surface area contributed by atoms with Crippen LogP contribution in [0.15, 0.2) is 0 Å². The molecule has 17 heavy (non-hydrogen) atoms. The van der Waals surface area contributed by atoms with Crippen molar-refractivity contribution in [2.45, 2.75) is 39.7 Å². The lowest BCUT2D eigenvalue weighted by molar-refractivity contribution is -0.129. The summed E-state index contributed by atoms with van der Waals surface area (Å²) in [5.41, 5.74) is 0. The van der Waals surface area contributed by atoms with Gasteiger partial charge in [-0.15, -0.1) is 0 Å². The molecule has 0 aromatic carbocycles. The van der Waals surface area contributed by atoms with Crippen molar-refractivity contribution in [2.24, 2.45) is 5.92 Å². The van der Waals surface area contributed by atoms with Gasteiger partial charge in [0.1, 0.15) is 0 Å². The van der Waals surface area contributed by atoms with Crippen LogP contribution in [0.3, 0.4) is 0 Å². The molecule has 0 aromatic heterocycles. The molecule has 0 spiro atoms. The maximum absolute atomic E-state index is 11.6. The standard InChI is InChI=1S/C12H23N3O2/c1-4-15(5-2)11(16)8-13-12(17)14-9(3)10-6-7-10/h9-10H,4-8H2,1-3H3,(H2,13,14,17). The maximum Gasteiger partial charge on any atom is 0.315 e. The Bertz CT molecular complexity index is 273. The Morgan fingerprint density at radius 1 is 1.29 bits per heavy atom. The Kier molecular flexibility index (Phi) is 5.25. The fourth-order valence-electron chi connectivity index (χ4n) is 1.82. The zero-order valence-corrected chi connectivity index (χ0v) is 11.0. The molecule has 0 saturated heterocycles. The summed E-state index contributed by atoms with van der Waals surface area (Å²) in [4.78, 5) is 24.8. The molecule has 1 fully saturated rings. The molecular formula is C12H23N3O2. The summed E-state index contributed by atoms with van der Waals surface area (Å²) in [7, 11) is 0. The summed E-state index contributed by atoms with van der Waals surface area (Å²) in [6, 6.07) is -0.0385. The predicted molar refractivity (Wildman–Crippen MR) is 66.6 cm³/mol. The van der Waals surface area contributed by atoms with Crippen molar-refractivity contribution in [1.29, 1.82) is 0 Å². The lowest BCUT2D eigenvalue weighted by Crippen LogP contribution is -2.46. The van der Waals surface area contributed by atoms with Gasteiger partial charge in [0.2, 0.25) is 5.91 Å². The summed E-state index contributed by atoms with van der Waals surface area (Å²) < 4.78 is 0. The number of hydrogen-bond acceptors (Lipinski definition) is 2. The largest absolute Gasteiger partial charge is 0.342 e. The van der Waals surface area contributed by atoms with Crippen LogP contribution in [-0.2, 0) is 4.79 Å². The number of rotatable bonds is 6. The molecule has 1 rings (SSSR count). The van der Waals surface area contributed by atoms with Gasteiger partial charge in [-0.2, -0.15) is 0 Å². The van der Waals surface area contributed by atoms with E-state index in [2.05, 4.69) is 10.6 Å². The van der Waals surface area contributed by atoms with Gasteiger partial charge in [0.05, 0.1) is 6.54 Å². The Labute approximate surface area is 103 Å². The number of nitrogens with zero attached hydrogens (tertiary/aromatic N) is 1. The number of amides is 3. The van der Waals surface area contributed by atoms with E-state index in [4.69, 9.17) is 0 Å². The average molecular weight is 241 g/mol. The van der Waals surface area contributed by atoms with Crippen LogP contribution in [0.2, 0.25) is 0 Å². The van der Waals surface area contributed by atoms with Crippen molar-refractivity contribution in [3.05, 3.63) is 0 Å². The minimum absolute atomic E-state index is 0.0378. The molecule has 5 nitrogen and oxygen atoms in total. The van der Waals surface area contributed by atoms with Crippen LogP contribution >= 0.6 is 0 Å². The first-order chi connectivity index (χ1) is 8.08. The SMILES string of the molecule is CCN(CC)C(=O)CNC(=O)NC(C)C1CC1. The smallest absolute Gasteiger partial charge is 0.315 e. The van der Waals surface area contributed by atoms with Crippen molar-refractivity contribution in [2.75, 3.05) is 19.6 Å². The van der Waals surface area contributed by atoms with Crippen LogP contribution in [0.5, 0.6) is 0 Å². The normalized spacial score (nSPS) is 16.2. The van der Waals surface area contributed by atoms with Gasteiger partial charge >= 0.3 is 6.03 Å². The average Bonchev–Trinajstić information content (AvgIpc) is 3.11. The van der Waals surface area contributed by atoms with Gasteiger partial charge in [-0.05, 0) is 39.5 Å². The third-order valence-electron chi connectivity index (χ3n) is 3.20. The third kappa shape index (κ3) is 4.63. The number of urea groups is 1. The summed E-state index contributed by atoms with van der Waals surface area (Å²) in [5.74, 6) is 0.587. The molecular weight excluding hydrogens is 218 g/mol. The number of carbonyl (C=O) groups is 2. The molecule has 3 amide bonds. The predicted octanol–water partition coefficient (Wildman–Crippen LogP) is 0.952. The van der Waals surface area contributed by atoms with E-state index in [0.29, 0.717) is 19.0 Å². The van der Waals surface area contributed by atoms with Gasteiger partial charge < -0.3 is 15.5 Å². The van der Waals surface area contributed by atoms with Gasteiger partial charge in [-0.3, -0.25) is 4.79 Å². The number of carbonyl (C=O) groups excluding carboxylic acids is 2. The second kappa shape index (κ2) is 6.47. The van der Waals surface area contributed by atoms with Crippen molar-refractivity contribution in [3.8, 4) is 0 Å². The Morgan fingerprint density at radius 3 is 2.35 bits per heavy atom. The Morgan fingerprint density at radius 2 is 1.88 bits per heavy atom. The van der Waals surface area contributed by atoms with E-state index in [-0.39, 0.29) is 24.5 Å². The van der Waals surface area contributed by atoms with Gasteiger partial charge in [-0.1, -0.05) is 0 Å². The highest BCUT2D eigenvalue weighted by Gasteiger charge is 2.28.